The van der Waals surface area contributed by atoms with Crippen LogP contribution in [0.1, 0.15) is 0 Å². The van der Waals surface area contributed by atoms with Crippen LogP contribution in [0.4, 0.5) is 0 Å². The van der Waals surface area contributed by atoms with E-state index in [4.69, 9.17) is 15.0 Å². The van der Waals surface area contributed by atoms with Crippen molar-refractivity contribution in [3.63, 3.8) is 0 Å². The maximum absolute atomic E-state index is 5.52. The van der Waals surface area contributed by atoms with Gasteiger partial charge in [-0.1, -0.05) is 164 Å². The smallest absolute Gasteiger partial charge is 0.238 e. The van der Waals surface area contributed by atoms with Crippen molar-refractivity contribution >= 4 is 43.6 Å². The maximum atomic E-state index is 5.52. The molecular formula is C51H33N5. The van der Waals surface area contributed by atoms with Crippen LogP contribution in [0.5, 0.6) is 0 Å². The van der Waals surface area contributed by atoms with Gasteiger partial charge in [0.15, 0.2) is 11.6 Å². The monoisotopic (exact) mass is 715 g/mol. The van der Waals surface area contributed by atoms with Gasteiger partial charge in [-0.3, -0.25) is 4.57 Å². The third-order valence-electron chi connectivity index (χ3n) is 10.8. The Labute approximate surface area is 323 Å². The summed E-state index contributed by atoms with van der Waals surface area (Å²) >= 11 is 0. The Hall–Kier alpha value is -7.63. The molecule has 0 saturated heterocycles. The molecule has 0 aliphatic heterocycles. The summed E-state index contributed by atoms with van der Waals surface area (Å²) in [6.07, 6.45) is 0. The molecule has 0 fully saturated rings. The van der Waals surface area contributed by atoms with Gasteiger partial charge in [-0.05, 0) is 58.7 Å². The molecule has 0 atom stereocenters. The summed E-state index contributed by atoms with van der Waals surface area (Å²) in [5.74, 6) is 1.75. The van der Waals surface area contributed by atoms with Gasteiger partial charge in [0.05, 0.1) is 33.3 Å². The van der Waals surface area contributed by atoms with Crippen LogP contribution in [-0.2, 0) is 0 Å². The van der Waals surface area contributed by atoms with E-state index in [1.54, 1.807) is 0 Å². The number of fused-ring (bicyclic) bond motifs is 6. The van der Waals surface area contributed by atoms with Crippen molar-refractivity contribution in [2.24, 2.45) is 0 Å². The van der Waals surface area contributed by atoms with Crippen LogP contribution in [-0.4, -0.2) is 24.1 Å². The minimum atomic E-state index is 0.561. The molecule has 5 nitrogen and oxygen atoms in total. The van der Waals surface area contributed by atoms with Gasteiger partial charge < -0.3 is 4.57 Å². The zero-order chi connectivity index (χ0) is 37.0. The molecule has 11 aromatic rings. The van der Waals surface area contributed by atoms with Crippen molar-refractivity contribution in [1.29, 1.82) is 0 Å². The molecule has 5 heteroatoms. The van der Waals surface area contributed by atoms with E-state index >= 15 is 0 Å². The average molecular weight is 716 g/mol. The van der Waals surface area contributed by atoms with Gasteiger partial charge >= 0.3 is 0 Å². The lowest BCUT2D eigenvalue weighted by atomic mass is 9.92. The van der Waals surface area contributed by atoms with Gasteiger partial charge in [0, 0.05) is 27.1 Å². The van der Waals surface area contributed by atoms with E-state index < -0.39 is 0 Å². The fourth-order valence-electron chi connectivity index (χ4n) is 8.29. The molecule has 56 heavy (non-hydrogen) atoms. The lowest BCUT2D eigenvalue weighted by Crippen LogP contribution is -2.09. The first kappa shape index (κ1) is 31.9. The first-order chi connectivity index (χ1) is 27.8. The fraction of sp³-hybridized carbons (Fsp3) is 0. The lowest BCUT2D eigenvalue weighted by molar-refractivity contribution is 0.952. The number of rotatable bonds is 6. The highest BCUT2D eigenvalue weighted by molar-refractivity contribution is 6.11. The summed E-state index contributed by atoms with van der Waals surface area (Å²) in [6.45, 7) is 0. The van der Waals surface area contributed by atoms with Crippen LogP contribution in [0, 0.1) is 0 Å². The van der Waals surface area contributed by atoms with E-state index in [-0.39, 0.29) is 0 Å². The second-order valence-corrected chi connectivity index (χ2v) is 14.0. The fourth-order valence-corrected chi connectivity index (χ4v) is 8.29. The summed E-state index contributed by atoms with van der Waals surface area (Å²) in [4.78, 5) is 16.2. The molecule has 0 spiro atoms. The van der Waals surface area contributed by atoms with Crippen LogP contribution in [0.2, 0.25) is 0 Å². The predicted molar refractivity (Wildman–Crippen MR) is 230 cm³/mol. The summed E-state index contributed by atoms with van der Waals surface area (Å²) in [5.41, 5.74) is 11.5. The number of hydrogen-bond acceptors (Lipinski definition) is 3. The Morgan fingerprint density at radius 1 is 0.304 bits per heavy atom. The zero-order valence-electron chi connectivity index (χ0n) is 30.3. The predicted octanol–water partition coefficient (Wildman–Crippen LogP) is 12.7. The molecular weight excluding hydrogens is 683 g/mol. The summed E-state index contributed by atoms with van der Waals surface area (Å²) in [7, 11) is 0. The molecule has 0 saturated carbocycles. The van der Waals surface area contributed by atoms with Gasteiger partial charge in [0.1, 0.15) is 0 Å². The quantitative estimate of drug-likeness (QED) is 0.172. The van der Waals surface area contributed by atoms with Gasteiger partial charge in [-0.2, -0.15) is 9.97 Å². The van der Waals surface area contributed by atoms with Crippen LogP contribution < -0.4 is 0 Å². The normalized spacial score (nSPS) is 11.6. The van der Waals surface area contributed by atoms with E-state index in [0.29, 0.717) is 17.6 Å². The zero-order valence-corrected chi connectivity index (χ0v) is 30.3. The molecule has 11 rings (SSSR count). The van der Waals surface area contributed by atoms with E-state index in [0.717, 1.165) is 71.9 Å². The van der Waals surface area contributed by atoms with Gasteiger partial charge in [0.25, 0.3) is 0 Å². The van der Waals surface area contributed by atoms with Gasteiger partial charge in [-0.25, -0.2) is 4.98 Å². The van der Waals surface area contributed by atoms with Crippen molar-refractivity contribution in [3.05, 3.63) is 200 Å². The minimum absolute atomic E-state index is 0.561. The highest BCUT2D eigenvalue weighted by Crippen LogP contribution is 2.43. The Morgan fingerprint density at radius 2 is 0.714 bits per heavy atom. The Bertz CT molecular complexity index is 3130. The maximum Gasteiger partial charge on any atom is 0.238 e. The molecule has 0 N–H and O–H groups in total. The van der Waals surface area contributed by atoms with Crippen LogP contribution >= 0.6 is 0 Å². The average Bonchev–Trinajstić information content (AvgIpc) is 3.80. The van der Waals surface area contributed by atoms with E-state index in [1.165, 1.54) is 10.8 Å². The third-order valence-corrected chi connectivity index (χ3v) is 10.8. The van der Waals surface area contributed by atoms with E-state index in [9.17, 15) is 0 Å². The minimum Gasteiger partial charge on any atom is -0.308 e. The van der Waals surface area contributed by atoms with Gasteiger partial charge in [-0.15, -0.1) is 0 Å². The number of benzene rings is 8. The molecule has 3 heterocycles. The highest BCUT2D eigenvalue weighted by atomic mass is 15.2. The first-order valence-corrected chi connectivity index (χ1v) is 18.9. The van der Waals surface area contributed by atoms with Crippen LogP contribution in [0.3, 0.4) is 0 Å². The van der Waals surface area contributed by atoms with E-state index in [2.05, 4.69) is 191 Å². The SMILES string of the molecule is c1ccc(-c2cc(-c3ccccc3)c(-c3nc(-c4ccccc4)nc(-n4c5ccccc5c5ccccc54)n3)c(-n3c4ccccc4c4ccccc43)c2)cc1. The molecule has 8 aromatic carbocycles. The second kappa shape index (κ2) is 13.0. The van der Waals surface area contributed by atoms with Crippen LogP contribution in [0.15, 0.2) is 200 Å². The number of para-hydroxylation sites is 4. The summed E-state index contributed by atoms with van der Waals surface area (Å²) in [5, 5.41) is 4.67. The Balaban J connectivity index is 1.32. The summed E-state index contributed by atoms with van der Waals surface area (Å²) in [6, 6.07) is 70.4. The lowest BCUT2D eigenvalue weighted by Gasteiger charge is -2.20. The van der Waals surface area contributed by atoms with Crippen molar-refractivity contribution in [2.75, 3.05) is 0 Å². The van der Waals surface area contributed by atoms with Crippen molar-refractivity contribution < 1.29 is 0 Å². The number of nitrogens with zero attached hydrogens (tertiary/aromatic N) is 5. The van der Waals surface area contributed by atoms with E-state index in [1.807, 2.05) is 18.2 Å². The molecule has 0 radical (unpaired) electrons. The molecule has 0 aliphatic carbocycles. The molecule has 0 amide bonds. The molecule has 262 valence electrons. The Kier molecular flexibility index (Phi) is 7.42. The number of hydrogen-bond donors (Lipinski definition) is 0. The standard InChI is InChI=1S/C51H33N5/c1-4-18-34(19-5-1)37-32-42(35-20-6-2-7-21-35)48(47(33-37)55-43-28-14-10-24-38(43)39-25-11-15-29-44(39)55)50-52-49(36-22-8-3-9-23-36)53-51(54-50)56-45-30-16-12-26-40(45)41-27-13-17-31-46(41)56/h1-33H. The summed E-state index contributed by atoms with van der Waals surface area (Å²) < 4.78 is 4.58. The molecule has 0 unspecified atom stereocenters. The van der Waals surface area contributed by atoms with Crippen molar-refractivity contribution in [1.82, 2.24) is 24.1 Å². The highest BCUT2D eigenvalue weighted by Gasteiger charge is 2.25. The second-order valence-electron chi connectivity index (χ2n) is 14.0. The van der Waals surface area contributed by atoms with Crippen molar-refractivity contribution in [2.45, 2.75) is 0 Å². The van der Waals surface area contributed by atoms with Crippen molar-refractivity contribution in [3.8, 4) is 56.7 Å². The van der Waals surface area contributed by atoms with Gasteiger partial charge in [0.2, 0.25) is 5.95 Å². The Morgan fingerprint density at radius 3 is 1.23 bits per heavy atom. The number of aromatic nitrogens is 5. The molecule has 3 aromatic heterocycles. The topological polar surface area (TPSA) is 48.5 Å². The first-order valence-electron chi connectivity index (χ1n) is 18.9. The largest absolute Gasteiger partial charge is 0.308 e. The molecule has 0 bridgehead atoms. The van der Waals surface area contributed by atoms with Crippen LogP contribution in [0.25, 0.3) is 100 Å². The molecule has 0 aliphatic rings. The third kappa shape index (κ3) is 5.13.